The average molecular weight is 310 g/mol. The molecular formula is C15H22N2O3S. The maximum absolute atomic E-state index is 12.3. The van der Waals surface area contributed by atoms with Crippen LogP contribution in [0.2, 0.25) is 0 Å². The molecular weight excluding hydrogens is 288 g/mol. The summed E-state index contributed by atoms with van der Waals surface area (Å²) in [4.78, 5) is 13.9. The Morgan fingerprint density at radius 3 is 2.67 bits per heavy atom. The van der Waals surface area contributed by atoms with E-state index >= 15 is 0 Å². The first-order valence-electron chi connectivity index (χ1n) is 6.74. The molecule has 0 saturated carbocycles. The van der Waals surface area contributed by atoms with E-state index in [1.54, 1.807) is 24.1 Å². The van der Waals surface area contributed by atoms with Gasteiger partial charge in [-0.1, -0.05) is 26.0 Å². The van der Waals surface area contributed by atoms with Gasteiger partial charge in [-0.15, -0.1) is 6.58 Å². The maximum atomic E-state index is 12.3. The number of hydrogen-bond acceptors (Lipinski definition) is 3. The third-order valence-electron chi connectivity index (χ3n) is 2.79. The van der Waals surface area contributed by atoms with Gasteiger partial charge in [-0.3, -0.25) is 4.79 Å². The summed E-state index contributed by atoms with van der Waals surface area (Å²) in [6.07, 6.45) is 1.46. The highest BCUT2D eigenvalue weighted by Gasteiger charge is 2.17. The fraction of sp³-hybridized carbons (Fsp3) is 0.400. The largest absolute Gasteiger partial charge is 0.341 e. The number of hydrogen-bond donors (Lipinski definition) is 1. The van der Waals surface area contributed by atoms with Gasteiger partial charge in [0.15, 0.2) is 0 Å². The fourth-order valence-corrected chi connectivity index (χ4v) is 2.94. The Morgan fingerprint density at radius 1 is 1.43 bits per heavy atom. The molecule has 0 unspecified atom stereocenters. The number of rotatable bonds is 7. The highest BCUT2D eigenvalue weighted by atomic mass is 32.2. The molecule has 0 bridgehead atoms. The van der Waals surface area contributed by atoms with E-state index in [1.165, 1.54) is 18.2 Å². The van der Waals surface area contributed by atoms with Gasteiger partial charge in [-0.2, -0.15) is 0 Å². The van der Waals surface area contributed by atoms with Crippen molar-refractivity contribution in [3.8, 4) is 0 Å². The first-order chi connectivity index (χ1) is 9.77. The molecule has 116 valence electrons. The van der Waals surface area contributed by atoms with Crippen molar-refractivity contribution in [1.29, 1.82) is 0 Å². The maximum Gasteiger partial charge on any atom is 0.253 e. The number of nitrogens with zero attached hydrogens (tertiary/aromatic N) is 1. The average Bonchev–Trinajstić information content (AvgIpc) is 2.43. The second-order valence-corrected chi connectivity index (χ2v) is 7.01. The zero-order valence-electron chi connectivity index (χ0n) is 12.7. The van der Waals surface area contributed by atoms with E-state index in [-0.39, 0.29) is 17.3 Å². The van der Waals surface area contributed by atoms with Crippen LogP contribution in [0.1, 0.15) is 24.2 Å². The monoisotopic (exact) mass is 310 g/mol. The second-order valence-electron chi connectivity index (χ2n) is 5.25. The van der Waals surface area contributed by atoms with Gasteiger partial charge in [-0.25, -0.2) is 13.1 Å². The van der Waals surface area contributed by atoms with Crippen molar-refractivity contribution in [3.05, 3.63) is 42.5 Å². The van der Waals surface area contributed by atoms with Crippen LogP contribution in [0.3, 0.4) is 0 Å². The lowest BCUT2D eigenvalue weighted by Crippen LogP contribution is -2.30. The van der Waals surface area contributed by atoms with E-state index in [2.05, 4.69) is 11.3 Å². The molecule has 1 N–H and O–H groups in total. The molecule has 0 aromatic heterocycles. The summed E-state index contributed by atoms with van der Waals surface area (Å²) in [7, 11) is -1.91. The summed E-state index contributed by atoms with van der Waals surface area (Å²) in [5.74, 6) is 0.157. The molecule has 0 aliphatic carbocycles. The lowest BCUT2D eigenvalue weighted by Gasteiger charge is -2.19. The SMILES string of the molecule is C=CCNS(=O)(=O)c1cccc(C(=O)N(C)CC(C)C)c1. The molecule has 0 fully saturated rings. The van der Waals surface area contributed by atoms with Gasteiger partial charge in [0.1, 0.15) is 0 Å². The summed E-state index contributed by atoms with van der Waals surface area (Å²) in [6, 6.07) is 6.04. The standard InChI is InChI=1S/C15H22N2O3S/c1-5-9-16-21(19,20)14-8-6-7-13(10-14)15(18)17(4)11-12(2)3/h5-8,10,12,16H,1,9,11H2,2-4H3. The highest BCUT2D eigenvalue weighted by molar-refractivity contribution is 7.89. The molecule has 0 atom stereocenters. The van der Waals surface area contributed by atoms with E-state index in [0.717, 1.165) is 0 Å². The Labute approximate surface area is 126 Å². The molecule has 1 amide bonds. The Kier molecular flexibility index (Phi) is 6.11. The zero-order valence-corrected chi connectivity index (χ0v) is 13.5. The van der Waals surface area contributed by atoms with Crippen molar-refractivity contribution >= 4 is 15.9 Å². The predicted octanol–water partition coefficient (Wildman–Crippen LogP) is 1.88. The summed E-state index contributed by atoms with van der Waals surface area (Å²) in [5.41, 5.74) is 0.361. The van der Waals surface area contributed by atoms with Crippen LogP contribution in [0.5, 0.6) is 0 Å². The van der Waals surface area contributed by atoms with E-state index in [9.17, 15) is 13.2 Å². The van der Waals surface area contributed by atoms with E-state index in [0.29, 0.717) is 18.0 Å². The van der Waals surface area contributed by atoms with Crippen molar-refractivity contribution in [2.75, 3.05) is 20.1 Å². The van der Waals surface area contributed by atoms with Gasteiger partial charge in [0, 0.05) is 25.7 Å². The van der Waals surface area contributed by atoms with Crippen molar-refractivity contribution in [3.63, 3.8) is 0 Å². The van der Waals surface area contributed by atoms with Gasteiger partial charge < -0.3 is 4.90 Å². The first-order valence-corrected chi connectivity index (χ1v) is 8.22. The Balaban J connectivity index is 3.00. The van der Waals surface area contributed by atoms with Crippen molar-refractivity contribution in [1.82, 2.24) is 9.62 Å². The van der Waals surface area contributed by atoms with Crippen LogP contribution < -0.4 is 4.72 Å². The van der Waals surface area contributed by atoms with Crippen LogP contribution in [-0.2, 0) is 10.0 Å². The minimum Gasteiger partial charge on any atom is -0.341 e. The molecule has 0 heterocycles. The summed E-state index contributed by atoms with van der Waals surface area (Å²) < 4.78 is 26.4. The molecule has 21 heavy (non-hydrogen) atoms. The Hall–Kier alpha value is -1.66. The normalized spacial score (nSPS) is 11.4. The smallest absolute Gasteiger partial charge is 0.253 e. The second kappa shape index (κ2) is 7.38. The molecule has 1 aromatic carbocycles. The molecule has 0 saturated heterocycles. The topological polar surface area (TPSA) is 66.5 Å². The van der Waals surface area contributed by atoms with Crippen molar-refractivity contribution in [2.24, 2.45) is 5.92 Å². The van der Waals surface area contributed by atoms with E-state index < -0.39 is 10.0 Å². The number of amides is 1. The molecule has 1 aromatic rings. The van der Waals surface area contributed by atoms with Crippen LogP contribution >= 0.6 is 0 Å². The zero-order chi connectivity index (χ0) is 16.0. The third kappa shape index (κ3) is 4.99. The Morgan fingerprint density at radius 2 is 2.10 bits per heavy atom. The van der Waals surface area contributed by atoms with Gasteiger partial charge in [0.2, 0.25) is 10.0 Å². The van der Waals surface area contributed by atoms with Crippen molar-refractivity contribution in [2.45, 2.75) is 18.7 Å². The molecule has 0 aliphatic rings. The fourth-order valence-electron chi connectivity index (χ4n) is 1.90. The van der Waals surface area contributed by atoms with E-state index in [1.807, 2.05) is 13.8 Å². The van der Waals surface area contributed by atoms with E-state index in [4.69, 9.17) is 0 Å². The van der Waals surface area contributed by atoms with Gasteiger partial charge in [0.25, 0.3) is 5.91 Å². The van der Waals surface area contributed by atoms with Crippen LogP contribution in [0, 0.1) is 5.92 Å². The van der Waals surface area contributed by atoms with Crippen molar-refractivity contribution < 1.29 is 13.2 Å². The van der Waals surface area contributed by atoms with Crippen LogP contribution in [0.15, 0.2) is 41.8 Å². The lowest BCUT2D eigenvalue weighted by molar-refractivity contribution is 0.0779. The molecule has 0 radical (unpaired) electrons. The highest BCUT2D eigenvalue weighted by Crippen LogP contribution is 2.13. The minimum atomic E-state index is -3.62. The predicted molar refractivity (Wildman–Crippen MR) is 83.6 cm³/mol. The van der Waals surface area contributed by atoms with Crippen LogP contribution in [0.4, 0.5) is 0 Å². The van der Waals surface area contributed by atoms with Crippen LogP contribution in [0.25, 0.3) is 0 Å². The van der Waals surface area contributed by atoms with Crippen LogP contribution in [-0.4, -0.2) is 39.4 Å². The molecule has 6 heteroatoms. The van der Waals surface area contributed by atoms with Gasteiger partial charge >= 0.3 is 0 Å². The molecule has 0 aliphatic heterocycles. The quantitative estimate of drug-likeness (QED) is 0.782. The molecule has 0 spiro atoms. The number of benzene rings is 1. The summed E-state index contributed by atoms with van der Waals surface area (Å²) >= 11 is 0. The molecule has 1 rings (SSSR count). The van der Waals surface area contributed by atoms with Gasteiger partial charge in [0.05, 0.1) is 4.90 Å². The first kappa shape index (κ1) is 17.4. The Bertz CT molecular complexity index is 609. The summed E-state index contributed by atoms with van der Waals surface area (Å²) in [6.45, 7) is 8.26. The summed E-state index contributed by atoms with van der Waals surface area (Å²) in [5, 5.41) is 0. The third-order valence-corrected chi connectivity index (χ3v) is 4.22. The number of nitrogens with one attached hydrogen (secondary N) is 1. The lowest BCUT2D eigenvalue weighted by atomic mass is 10.1. The number of sulfonamides is 1. The van der Waals surface area contributed by atoms with Gasteiger partial charge in [-0.05, 0) is 24.1 Å². The molecule has 5 nitrogen and oxygen atoms in total. The minimum absolute atomic E-state index is 0.0770. The number of carbonyl (C=O) groups is 1. The number of carbonyl (C=O) groups excluding carboxylic acids is 1.